The Kier molecular flexibility index (Phi) is 3.81. The van der Waals surface area contributed by atoms with E-state index in [1.54, 1.807) is 11.8 Å². The van der Waals surface area contributed by atoms with Gasteiger partial charge in [-0.3, -0.25) is 4.79 Å². The molecule has 0 atom stereocenters. The first-order chi connectivity index (χ1) is 6.15. The monoisotopic (exact) mass is 259 g/mol. The van der Waals surface area contributed by atoms with Crippen molar-refractivity contribution in [2.45, 2.75) is 11.8 Å². The van der Waals surface area contributed by atoms with E-state index < -0.39 is 0 Å². The van der Waals surface area contributed by atoms with Gasteiger partial charge >= 0.3 is 0 Å². The van der Waals surface area contributed by atoms with Crippen LogP contribution in [-0.2, 0) is 4.79 Å². The van der Waals surface area contributed by atoms with Crippen molar-refractivity contribution in [2.24, 2.45) is 0 Å². The Morgan fingerprint density at radius 1 is 1.54 bits per heavy atom. The van der Waals surface area contributed by atoms with E-state index in [4.69, 9.17) is 0 Å². The maximum Gasteiger partial charge on any atom is 0.221 e. The van der Waals surface area contributed by atoms with Gasteiger partial charge in [-0.1, -0.05) is 6.07 Å². The van der Waals surface area contributed by atoms with E-state index in [1.165, 1.54) is 6.92 Å². The highest BCUT2D eigenvalue weighted by atomic mass is 79.9. The molecule has 0 bridgehead atoms. The summed E-state index contributed by atoms with van der Waals surface area (Å²) in [6.07, 6.45) is 2.00. The number of halogens is 1. The van der Waals surface area contributed by atoms with Gasteiger partial charge in [-0.25, -0.2) is 0 Å². The van der Waals surface area contributed by atoms with Gasteiger partial charge in [0, 0.05) is 11.8 Å². The van der Waals surface area contributed by atoms with Crippen LogP contribution in [0.2, 0.25) is 0 Å². The number of rotatable bonds is 2. The van der Waals surface area contributed by atoms with Crippen molar-refractivity contribution in [3.05, 3.63) is 22.7 Å². The summed E-state index contributed by atoms with van der Waals surface area (Å²) in [6.45, 7) is 1.50. The van der Waals surface area contributed by atoms with Gasteiger partial charge in [0.1, 0.15) is 0 Å². The first kappa shape index (κ1) is 10.6. The molecule has 2 nitrogen and oxygen atoms in total. The number of hydrogen-bond donors (Lipinski definition) is 1. The molecule has 1 rings (SSSR count). The Labute approximate surface area is 90.2 Å². The molecular formula is C9H10BrNOS. The standard InChI is InChI=1S/C9H10BrNOS/c1-6(12)11-7-4-3-5-8(13-2)9(7)10/h3-5H,1-2H3,(H,11,12). The molecule has 0 aliphatic carbocycles. The topological polar surface area (TPSA) is 29.1 Å². The summed E-state index contributed by atoms with van der Waals surface area (Å²) < 4.78 is 0.942. The zero-order chi connectivity index (χ0) is 9.84. The molecule has 0 fully saturated rings. The second-order valence-electron chi connectivity index (χ2n) is 2.50. The lowest BCUT2D eigenvalue weighted by Gasteiger charge is -2.07. The van der Waals surface area contributed by atoms with Crippen LogP contribution in [0.3, 0.4) is 0 Å². The Balaban J connectivity index is 3.01. The first-order valence-electron chi connectivity index (χ1n) is 3.75. The van der Waals surface area contributed by atoms with Crippen molar-refractivity contribution in [3.63, 3.8) is 0 Å². The third kappa shape index (κ3) is 2.74. The lowest BCUT2D eigenvalue weighted by molar-refractivity contribution is -0.114. The SMILES string of the molecule is CSc1cccc(NC(C)=O)c1Br. The fourth-order valence-electron chi connectivity index (χ4n) is 0.955. The maximum atomic E-state index is 10.8. The van der Waals surface area contributed by atoms with Crippen LogP contribution in [0, 0.1) is 0 Å². The maximum absolute atomic E-state index is 10.8. The number of benzene rings is 1. The molecule has 1 aromatic rings. The summed E-state index contributed by atoms with van der Waals surface area (Å²) in [5, 5.41) is 2.75. The van der Waals surface area contributed by atoms with Crippen molar-refractivity contribution in [1.82, 2.24) is 0 Å². The van der Waals surface area contributed by atoms with E-state index in [9.17, 15) is 4.79 Å². The minimum absolute atomic E-state index is 0.0565. The van der Waals surface area contributed by atoms with Crippen LogP contribution in [0.1, 0.15) is 6.92 Å². The zero-order valence-electron chi connectivity index (χ0n) is 7.43. The van der Waals surface area contributed by atoms with Crippen molar-refractivity contribution in [1.29, 1.82) is 0 Å². The third-order valence-corrected chi connectivity index (χ3v) is 3.39. The molecule has 13 heavy (non-hydrogen) atoms. The van der Waals surface area contributed by atoms with E-state index >= 15 is 0 Å². The molecule has 0 heterocycles. The fraction of sp³-hybridized carbons (Fsp3) is 0.222. The average molecular weight is 260 g/mol. The third-order valence-electron chi connectivity index (χ3n) is 1.49. The Hall–Kier alpha value is -0.480. The molecule has 1 N–H and O–H groups in total. The molecule has 1 aromatic carbocycles. The van der Waals surface area contributed by atoms with Gasteiger partial charge in [0.15, 0.2) is 0 Å². The van der Waals surface area contributed by atoms with Crippen molar-refractivity contribution < 1.29 is 4.79 Å². The van der Waals surface area contributed by atoms with Crippen molar-refractivity contribution >= 4 is 39.3 Å². The molecule has 0 aromatic heterocycles. The van der Waals surface area contributed by atoms with Crippen LogP contribution in [0.4, 0.5) is 5.69 Å². The van der Waals surface area contributed by atoms with Crippen LogP contribution >= 0.6 is 27.7 Å². The number of hydrogen-bond acceptors (Lipinski definition) is 2. The molecule has 0 radical (unpaired) electrons. The molecule has 0 spiro atoms. The fourth-order valence-corrected chi connectivity index (χ4v) is 2.31. The molecule has 4 heteroatoms. The van der Waals surface area contributed by atoms with E-state index in [-0.39, 0.29) is 5.91 Å². The van der Waals surface area contributed by atoms with Gasteiger partial charge in [0.25, 0.3) is 0 Å². The average Bonchev–Trinajstić information content (AvgIpc) is 2.08. The summed E-state index contributed by atoms with van der Waals surface area (Å²) in [5.41, 5.74) is 0.819. The highest BCUT2D eigenvalue weighted by molar-refractivity contribution is 9.10. The van der Waals surface area contributed by atoms with Crippen LogP contribution in [0.25, 0.3) is 0 Å². The summed E-state index contributed by atoms with van der Waals surface area (Å²) in [4.78, 5) is 11.9. The largest absolute Gasteiger partial charge is 0.325 e. The normalized spacial score (nSPS) is 9.77. The Bertz CT molecular complexity index is 327. The van der Waals surface area contributed by atoms with Crippen molar-refractivity contribution in [2.75, 3.05) is 11.6 Å². The van der Waals surface area contributed by atoms with E-state index in [0.29, 0.717) is 0 Å². The molecule has 0 saturated heterocycles. The molecule has 0 aliphatic heterocycles. The van der Waals surface area contributed by atoms with Crippen LogP contribution in [0.15, 0.2) is 27.6 Å². The lowest BCUT2D eigenvalue weighted by atomic mass is 10.3. The van der Waals surface area contributed by atoms with E-state index in [0.717, 1.165) is 15.1 Å². The summed E-state index contributed by atoms with van der Waals surface area (Å²) in [5.74, 6) is -0.0565. The zero-order valence-corrected chi connectivity index (χ0v) is 9.83. The van der Waals surface area contributed by atoms with Crippen LogP contribution < -0.4 is 5.32 Å². The lowest BCUT2D eigenvalue weighted by Crippen LogP contribution is -2.06. The van der Waals surface area contributed by atoms with Gasteiger partial charge < -0.3 is 5.32 Å². The second-order valence-corrected chi connectivity index (χ2v) is 4.14. The van der Waals surface area contributed by atoms with Gasteiger partial charge in [-0.15, -0.1) is 11.8 Å². The highest BCUT2D eigenvalue weighted by Crippen LogP contribution is 2.32. The molecule has 0 unspecified atom stereocenters. The summed E-state index contributed by atoms with van der Waals surface area (Å²) in [6, 6.07) is 5.78. The van der Waals surface area contributed by atoms with Crippen LogP contribution in [-0.4, -0.2) is 12.2 Å². The van der Waals surface area contributed by atoms with E-state index in [2.05, 4.69) is 21.2 Å². The number of nitrogens with one attached hydrogen (secondary N) is 1. The van der Waals surface area contributed by atoms with Gasteiger partial charge in [-0.05, 0) is 34.3 Å². The van der Waals surface area contributed by atoms with Gasteiger partial charge in [0.2, 0.25) is 5.91 Å². The number of amides is 1. The number of carbonyl (C=O) groups excluding carboxylic acids is 1. The minimum atomic E-state index is -0.0565. The summed E-state index contributed by atoms with van der Waals surface area (Å²) in [7, 11) is 0. The Morgan fingerprint density at radius 3 is 2.77 bits per heavy atom. The Morgan fingerprint density at radius 2 is 2.23 bits per heavy atom. The first-order valence-corrected chi connectivity index (χ1v) is 5.77. The smallest absolute Gasteiger partial charge is 0.221 e. The quantitative estimate of drug-likeness (QED) is 0.828. The van der Waals surface area contributed by atoms with Gasteiger partial charge in [0.05, 0.1) is 10.2 Å². The highest BCUT2D eigenvalue weighted by Gasteiger charge is 2.04. The van der Waals surface area contributed by atoms with E-state index in [1.807, 2.05) is 24.5 Å². The number of thioether (sulfide) groups is 1. The predicted molar refractivity (Wildman–Crippen MR) is 60.2 cm³/mol. The predicted octanol–water partition coefficient (Wildman–Crippen LogP) is 3.13. The molecular weight excluding hydrogens is 250 g/mol. The number of anilines is 1. The van der Waals surface area contributed by atoms with Crippen molar-refractivity contribution in [3.8, 4) is 0 Å². The van der Waals surface area contributed by atoms with Gasteiger partial charge in [-0.2, -0.15) is 0 Å². The molecule has 1 amide bonds. The molecule has 70 valence electrons. The molecule has 0 aliphatic rings. The minimum Gasteiger partial charge on any atom is -0.325 e. The number of carbonyl (C=O) groups is 1. The molecule has 0 saturated carbocycles. The summed E-state index contributed by atoms with van der Waals surface area (Å²) >= 11 is 5.07. The van der Waals surface area contributed by atoms with Crippen LogP contribution in [0.5, 0.6) is 0 Å². The second kappa shape index (κ2) is 4.67.